The second kappa shape index (κ2) is 6.28. The molecule has 0 radical (unpaired) electrons. The third kappa shape index (κ3) is 3.30. The Balaban J connectivity index is 1.29. The van der Waals surface area contributed by atoms with Crippen molar-refractivity contribution in [3.05, 3.63) is 24.4 Å². The van der Waals surface area contributed by atoms with Crippen LogP contribution in [0.15, 0.2) is 24.4 Å². The molecule has 2 saturated heterocycles. The molecule has 0 aromatic carbocycles. The summed E-state index contributed by atoms with van der Waals surface area (Å²) in [5.74, 6) is 0.618. The molecule has 0 bridgehead atoms. The lowest BCUT2D eigenvalue weighted by molar-refractivity contribution is 0.0529. The number of aromatic nitrogens is 1. The third-order valence-corrected chi connectivity index (χ3v) is 7.83. The summed E-state index contributed by atoms with van der Waals surface area (Å²) in [6.45, 7) is 2.48. The second-order valence-electron chi connectivity index (χ2n) is 7.26. The van der Waals surface area contributed by atoms with Crippen LogP contribution < -0.4 is 4.74 Å². The first kappa shape index (κ1) is 16.3. The highest BCUT2D eigenvalue weighted by atomic mass is 32.2. The molecule has 3 aliphatic rings. The summed E-state index contributed by atoms with van der Waals surface area (Å²) in [6, 6.07) is 5.60. The normalized spacial score (nSPS) is 27.4. The van der Waals surface area contributed by atoms with Crippen LogP contribution in [-0.2, 0) is 14.8 Å². The van der Waals surface area contributed by atoms with Gasteiger partial charge in [-0.05, 0) is 43.6 Å². The van der Waals surface area contributed by atoms with E-state index < -0.39 is 10.0 Å². The Kier molecular flexibility index (Phi) is 4.26. The average Bonchev–Trinajstić information content (AvgIpc) is 3.39. The van der Waals surface area contributed by atoms with Gasteiger partial charge in [-0.1, -0.05) is 6.07 Å². The SMILES string of the molecule is O=S(=O)(C1CC1)N1CCC2(CC1)CO[C@@H](COc1ccccn1)C2. The van der Waals surface area contributed by atoms with E-state index in [1.165, 1.54) is 0 Å². The van der Waals surface area contributed by atoms with Crippen molar-refractivity contribution in [2.75, 3.05) is 26.3 Å². The van der Waals surface area contributed by atoms with Crippen LogP contribution in [0.1, 0.15) is 32.1 Å². The highest BCUT2D eigenvalue weighted by Gasteiger charge is 2.47. The van der Waals surface area contributed by atoms with Crippen molar-refractivity contribution in [1.29, 1.82) is 0 Å². The van der Waals surface area contributed by atoms with E-state index in [0.717, 1.165) is 32.1 Å². The molecule has 0 unspecified atom stereocenters. The van der Waals surface area contributed by atoms with Crippen molar-refractivity contribution < 1.29 is 17.9 Å². The van der Waals surface area contributed by atoms with Crippen molar-refractivity contribution in [2.45, 2.75) is 43.5 Å². The monoisotopic (exact) mass is 352 g/mol. The molecule has 3 fully saturated rings. The van der Waals surface area contributed by atoms with Gasteiger partial charge in [-0.3, -0.25) is 0 Å². The molecule has 24 heavy (non-hydrogen) atoms. The standard InChI is InChI=1S/C17H24N2O4S/c20-24(21,15-4-5-15)19-9-6-17(7-10-19)11-14(23-13-17)12-22-16-3-1-2-8-18-16/h1-3,8,14-15H,4-7,9-13H2/t14-/m1/s1. The highest BCUT2D eigenvalue weighted by Crippen LogP contribution is 2.43. The maximum Gasteiger partial charge on any atom is 0.216 e. The van der Waals surface area contributed by atoms with E-state index in [1.807, 2.05) is 18.2 Å². The molecule has 4 rings (SSSR count). The minimum atomic E-state index is -3.04. The van der Waals surface area contributed by atoms with Crippen molar-refractivity contribution >= 4 is 10.0 Å². The zero-order valence-corrected chi connectivity index (χ0v) is 14.6. The van der Waals surface area contributed by atoms with Gasteiger partial charge in [0.1, 0.15) is 6.61 Å². The quantitative estimate of drug-likeness (QED) is 0.809. The Morgan fingerprint density at radius 3 is 2.75 bits per heavy atom. The zero-order chi connectivity index (χ0) is 16.6. The van der Waals surface area contributed by atoms with Gasteiger partial charge in [0.05, 0.1) is 18.0 Å². The zero-order valence-electron chi connectivity index (χ0n) is 13.8. The van der Waals surface area contributed by atoms with Gasteiger partial charge in [0.25, 0.3) is 0 Å². The Hall–Kier alpha value is -1.18. The predicted octanol–water partition coefficient (Wildman–Crippen LogP) is 1.82. The fourth-order valence-electron chi connectivity index (χ4n) is 3.75. The summed E-state index contributed by atoms with van der Waals surface area (Å²) in [4.78, 5) is 4.15. The first-order valence-electron chi connectivity index (χ1n) is 8.72. The summed E-state index contributed by atoms with van der Waals surface area (Å²) >= 11 is 0. The number of ether oxygens (including phenoxy) is 2. The Labute approximate surface area is 143 Å². The van der Waals surface area contributed by atoms with E-state index >= 15 is 0 Å². The molecule has 6 nitrogen and oxygen atoms in total. The van der Waals surface area contributed by atoms with Crippen LogP contribution in [0.2, 0.25) is 0 Å². The van der Waals surface area contributed by atoms with E-state index in [1.54, 1.807) is 10.5 Å². The molecule has 132 valence electrons. The largest absolute Gasteiger partial charge is 0.475 e. The molecule has 1 aliphatic carbocycles. The van der Waals surface area contributed by atoms with E-state index in [9.17, 15) is 8.42 Å². The first-order valence-corrected chi connectivity index (χ1v) is 10.2. The average molecular weight is 352 g/mol. The van der Waals surface area contributed by atoms with E-state index in [0.29, 0.717) is 32.2 Å². The summed E-state index contributed by atoms with van der Waals surface area (Å²) in [5, 5.41) is -0.106. The van der Waals surface area contributed by atoms with Crippen LogP contribution in [-0.4, -0.2) is 55.4 Å². The first-order chi connectivity index (χ1) is 11.6. The van der Waals surface area contributed by atoms with Crippen LogP contribution in [0.25, 0.3) is 0 Å². The fraction of sp³-hybridized carbons (Fsp3) is 0.706. The molecule has 1 spiro atoms. The molecule has 0 amide bonds. The molecule has 7 heteroatoms. The van der Waals surface area contributed by atoms with E-state index in [4.69, 9.17) is 9.47 Å². The van der Waals surface area contributed by atoms with Crippen LogP contribution in [0, 0.1) is 5.41 Å². The number of rotatable bonds is 5. The second-order valence-corrected chi connectivity index (χ2v) is 9.47. The van der Waals surface area contributed by atoms with Crippen molar-refractivity contribution in [3.63, 3.8) is 0 Å². The summed E-state index contributed by atoms with van der Waals surface area (Å²) < 4.78 is 38.0. The summed E-state index contributed by atoms with van der Waals surface area (Å²) in [7, 11) is -3.04. The maximum absolute atomic E-state index is 12.3. The Morgan fingerprint density at radius 1 is 1.29 bits per heavy atom. The molecule has 2 aliphatic heterocycles. The maximum atomic E-state index is 12.3. The lowest BCUT2D eigenvalue weighted by Crippen LogP contribution is -2.44. The third-order valence-electron chi connectivity index (χ3n) is 5.43. The number of hydrogen-bond donors (Lipinski definition) is 0. The van der Waals surface area contributed by atoms with Crippen LogP contribution in [0.3, 0.4) is 0 Å². The molecule has 1 atom stereocenters. The molecular formula is C17H24N2O4S. The highest BCUT2D eigenvalue weighted by molar-refractivity contribution is 7.90. The van der Waals surface area contributed by atoms with Gasteiger partial charge in [0, 0.05) is 25.4 Å². The number of sulfonamides is 1. The number of pyridine rings is 1. The predicted molar refractivity (Wildman–Crippen MR) is 89.3 cm³/mol. The van der Waals surface area contributed by atoms with Crippen molar-refractivity contribution in [3.8, 4) is 5.88 Å². The number of piperidine rings is 1. The van der Waals surface area contributed by atoms with Crippen molar-refractivity contribution in [1.82, 2.24) is 9.29 Å². The molecule has 1 aromatic rings. The van der Waals surface area contributed by atoms with E-state index in [2.05, 4.69) is 4.98 Å². The van der Waals surface area contributed by atoms with Gasteiger partial charge in [0.2, 0.25) is 15.9 Å². The van der Waals surface area contributed by atoms with Gasteiger partial charge in [-0.25, -0.2) is 17.7 Å². The van der Waals surface area contributed by atoms with Crippen LogP contribution in [0.5, 0.6) is 5.88 Å². The Morgan fingerprint density at radius 2 is 2.08 bits per heavy atom. The summed E-state index contributed by atoms with van der Waals surface area (Å²) in [6.07, 6.45) is 6.16. The topological polar surface area (TPSA) is 68.7 Å². The number of nitrogens with zero attached hydrogens (tertiary/aromatic N) is 2. The van der Waals surface area contributed by atoms with Gasteiger partial charge in [0.15, 0.2) is 0 Å². The van der Waals surface area contributed by atoms with Gasteiger partial charge in [-0.15, -0.1) is 0 Å². The van der Waals surface area contributed by atoms with E-state index in [-0.39, 0.29) is 16.8 Å². The molecule has 1 aromatic heterocycles. The lowest BCUT2D eigenvalue weighted by atomic mass is 9.77. The molecular weight excluding hydrogens is 328 g/mol. The smallest absolute Gasteiger partial charge is 0.216 e. The minimum Gasteiger partial charge on any atom is -0.475 e. The van der Waals surface area contributed by atoms with Gasteiger partial charge >= 0.3 is 0 Å². The van der Waals surface area contributed by atoms with Crippen LogP contribution >= 0.6 is 0 Å². The lowest BCUT2D eigenvalue weighted by Gasteiger charge is -2.37. The fourth-order valence-corrected chi connectivity index (χ4v) is 5.60. The molecule has 1 saturated carbocycles. The minimum absolute atomic E-state index is 0.0681. The summed E-state index contributed by atoms with van der Waals surface area (Å²) in [5.41, 5.74) is 0.119. The van der Waals surface area contributed by atoms with Gasteiger partial charge in [-0.2, -0.15) is 0 Å². The van der Waals surface area contributed by atoms with Crippen LogP contribution in [0.4, 0.5) is 0 Å². The van der Waals surface area contributed by atoms with Crippen molar-refractivity contribution in [2.24, 2.45) is 5.41 Å². The Bertz CT molecular complexity index is 667. The molecule has 3 heterocycles. The van der Waals surface area contributed by atoms with Gasteiger partial charge < -0.3 is 9.47 Å². The number of hydrogen-bond acceptors (Lipinski definition) is 5. The molecule has 0 N–H and O–H groups in total.